The minimum absolute atomic E-state index is 0.0682. The largest absolute Gasteiger partial charge is 0.351 e. The number of aryl methyl sites for hydroxylation is 2. The molecule has 0 amide bonds. The fourth-order valence-electron chi connectivity index (χ4n) is 0.976. The first-order valence-corrected chi connectivity index (χ1v) is 5.46. The zero-order valence-electron chi connectivity index (χ0n) is 6.86. The van der Waals surface area contributed by atoms with E-state index in [1.165, 1.54) is 17.2 Å². The van der Waals surface area contributed by atoms with Crippen molar-refractivity contribution < 1.29 is 0 Å². The third-order valence-corrected chi connectivity index (χ3v) is 2.97. The maximum Gasteiger partial charge on any atom is 0.0997 e. The molecule has 0 aliphatic carbocycles. The van der Waals surface area contributed by atoms with E-state index in [0.29, 0.717) is 0 Å². The van der Waals surface area contributed by atoms with Gasteiger partial charge in [0.2, 0.25) is 0 Å². The van der Waals surface area contributed by atoms with Crippen LogP contribution < -0.4 is 5.45 Å². The number of nitrogens with one attached hydrogen (secondary N) is 1. The Bertz CT molecular complexity index is 198. The summed E-state index contributed by atoms with van der Waals surface area (Å²) in [5, 5.41) is 0. The molecule has 2 nitrogen and oxygen atoms in total. The van der Waals surface area contributed by atoms with E-state index in [2.05, 4.69) is 30.7 Å². The molecule has 10 heavy (non-hydrogen) atoms. The lowest BCUT2D eigenvalue weighted by atomic mass is 10.4. The normalized spacial score (nSPS) is 11.5. The average molecular weight is 154 g/mol. The number of rotatable bonds is 2. The summed E-state index contributed by atoms with van der Waals surface area (Å²) in [5.74, 6) is 0. The van der Waals surface area contributed by atoms with Crippen molar-refractivity contribution in [3.63, 3.8) is 0 Å². The Hall–Kier alpha value is -0.573. The van der Waals surface area contributed by atoms with Gasteiger partial charge in [0.1, 0.15) is 0 Å². The van der Waals surface area contributed by atoms with Crippen molar-refractivity contribution in [1.82, 2.24) is 9.97 Å². The Kier molecular flexibility index (Phi) is 2.27. The van der Waals surface area contributed by atoms with E-state index in [1.54, 1.807) is 0 Å². The molecule has 0 radical (unpaired) electrons. The molecule has 0 unspecified atom stereocenters. The van der Waals surface area contributed by atoms with Crippen LogP contribution in [-0.2, 0) is 0 Å². The highest BCUT2D eigenvalue weighted by molar-refractivity contribution is 6.51. The van der Waals surface area contributed by atoms with Crippen LogP contribution in [-0.4, -0.2) is 19.5 Å². The fourth-order valence-corrected chi connectivity index (χ4v) is 2.19. The molecule has 0 bridgehead atoms. The van der Waals surface area contributed by atoms with Crippen molar-refractivity contribution in [3.8, 4) is 0 Å². The molecule has 1 N–H and O–H groups in total. The molecular formula is C7H14N2Si. The second-order valence-electron chi connectivity index (χ2n) is 2.64. The number of H-pyrrole nitrogens is 1. The van der Waals surface area contributed by atoms with Crippen molar-refractivity contribution in [2.75, 3.05) is 0 Å². The molecule has 0 fully saturated rings. The van der Waals surface area contributed by atoms with Crippen LogP contribution in [0.4, 0.5) is 0 Å². The Labute approximate surface area is 63.9 Å². The van der Waals surface area contributed by atoms with Crippen LogP contribution in [0, 0.1) is 13.8 Å². The Morgan fingerprint density at radius 1 is 1.50 bits per heavy atom. The molecular weight excluding hydrogens is 140 g/mol. The molecule has 56 valence electrons. The van der Waals surface area contributed by atoms with Gasteiger partial charge < -0.3 is 4.98 Å². The predicted molar refractivity (Wildman–Crippen MR) is 46.7 cm³/mol. The Balaban J connectivity index is 2.77. The first-order chi connectivity index (χ1) is 4.74. The van der Waals surface area contributed by atoms with Crippen LogP contribution in [0.3, 0.4) is 0 Å². The molecule has 1 aromatic heterocycles. The van der Waals surface area contributed by atoms with Crippen LogP contribution in [0.5, 0.6) is 0 Å². The third kappa shape index (κ3) is 1.47. The number of imidazole rings is 1. The maximum absolute atomic E-state index is 4.41. The summed E-state index contributed by atoms with van der Waals surface area (Å²) in [6.07, 6.45) is 0. The molecule has 1 aromatic rings. The predicted octanol–water partition coefficient (Wildman–Crippen LogP) is 0.259. The molecule has 0 atom stereocenters. The summed E-state index contributed by atoms with van der Waals surface area (Å²) in [4.78, 5) is 7.70. The summed E-state index contributed by atoms with van der Waals surface area (Å²) in [5.41, 5.74) is 3.66. The second-order valence-corrected chi connectivity index (χ2v) is 4.81. The number of aromatic amines is 1. The standard InChI is InChI=1S/C7H14N2Si/c1-4-10-7-8-5(2)6(3)9-7/h4,10H2,1-3H3,(H,8,9). The van der Waals surface area contributed by atoms with Gasteiger partial charge in [-0.05, 0) is 13.8 Å². The number of hydrogen-bond acceptors (Lipinski definition) is 1. The highest BCUT2D eigenvalue weighted by Gasteiger charge is 1.99. The fraction of sp³-hybridized carbons (Fsp3) is 0.571. The smallest absolute Gasteiger partial charge is 0.0997 e. The lowest BCUT2D eigenvalue weighted by Crippen LogP contribution is -2.17. The molecule has 1 rings (SSSR count). The van der Waals surface area contributed by atoms with E-state index in [1.807, 2.05) is 0 Å². The van der Waals surface area contributed by atoms with Crippen LogP contribution in [0.25, 0.3) is 0 Å². The summed E-state index contributed by atoms with van der Waals surface area (Å²) >= 11 is 0. The molecule has 0 saturated carbocycles. The van der Waals surface area contributed by atoms with Gasteiger partial charge in [0.25, 0.3) is 0 Å². The minimum Gasteiger partial charge on any atom is -0.351 e. The van der Waals surface area contributed by atoms with Gasteiger partial charge >= 0.3 is 0 Å². The lowest BCUT2D eigenvalue weighted by molar-refractivity contribution is 1.22. The molecule has 1 heterocycles. The van der Waals surface area contributed by atoms with Crippen LogP contribution >= 0.6 is 0 Å². The number of nitrogens with zero attached hydrogens (tertiary/aromatic N) is 1. The van der Waals surface area contributed by atoms with Crippen molar-refractivity contribution in [2.45, 2.75) is 26.8 Å². The lowest BCUT2D eigenvalue weighted by Gasteiger charge is -1.86. The van der Waals surface area contributed by atoms with Crippen LogP contribution in [0.2, 0.25) is 6.04 Å². The van der Waals surface area contributed by atoms with Gasteiger partial charge in [-0.25, -0.2) is 4.98 Å². The first kappa shape index (κ1) is 7.53. The van der Waals surface area contributed by atoms with Crippen molar-refractivity contribution >= 4 is 15.0 Å². The van der Waals surface area contributed by atoms with Gasteiger partial charge in [-0.1, -0.05) is 13.0 Å². The third-order valence-electron chi connectivity index (χ3n) is 1.66. The summed E-state index contributed by atoms with van der Waals surface area (Å²) in [6.45, 7) is 6.36. The Morgan fingerprint density at radius 3 is 2.60 bits per heavy atom. The van der Waals surface area contributed by atoms with E-state index in [-0.39, 0.29) is 9.52 Å². The van der Waals surface area contributed by atoms with Gasteiger partial charge in [0.05, 0.1) is 20.7 Å². The Morgan fingerprint density at radius 2 is 2.20 bits per heavy atom. The zero-order chi connectivity index (χ0) is 7.56. The zero-order valence-corrected chi connectivity index (χ0v) is 8.28. The summed E-state index contributed by atoms with van der Waals surface area (Å²) in [6, 6.07) is 1.30. The molecule has 3 heteroatoms. The highest BCUT2D eigenvalue weighted by Crippen LogP contribution is 1.94. The number of hydrogen-bond donors (Lipinski definition) is 1. The second kappa shape index (κ2) is 3.01. The van der Waals surface area contributed by atoms with Crippen LogP contribution in [0.15, 0.2) is 0 Å². The topological polar surface area (TPSA) is 28.7 Å². The molecule has 0 aliphatic heterocycles. The minimum atomic E-state index is -0.0682. The monoisotopic (exact) mass is 154 g/mol. The van der Waals surface area contributed by atoms with Gasteiger partial charge in [-0.15, -0.1) is 0 Å². The maximum atomic E-state index is 4.41. The first-order valence-electron chi connectivity index (χ1n) is 3.76. The van der Waals surface area contributed by atoms with Gasteiger partial charge in [0, 0.05) is 5.69 Å². The number of aromatic nitrogens is 2. The average Bonchev–Trinajstić information content (AvgIpc) is 2.14. The van der Waals surface area contributed by atoms with E-state index in [4.69, 9.17) is 0 Å². The van der Waals surface area contributed by atoms with E-state index in [0.717, 1.165) is 5.69 Å². The van der Waals surface area contributed by atoms with E-state index < -0.39 is 0 Å². The molecule has 0 aliphatic rings. The van der Waals surface area contributed by atoms with Crippen molar-refractivity contribution in [3.05, 3.63) is 11.4 Å². The van der Waals surface area contributed by atoms with Gasteiger partial charge in [0.15, 0.2) is 0 Å². The van der Waals surface area contributed by atoms with Crippen molar-refractivity contribution in [2.24, 2.45) is 0 Å². The van der Waals surface area contributed by atoms with E-state index in [9.17, 15) is 0 Å². The molecule has 0 saturated heterocycles. The van der Waals surface area contributed by atoms with Crippen molar-refractivity contribution in [1.29, 1.82) is 0 Å². The summed E-state index contributed by atoms with van der Waals surface area (Å²) < 4.78 is 0. The SMILES string of the molecule is CC[SiH2]c1nc(C)c(C)[nH]1. The quantitative estimate of drug-likeness (QED) is 0.608. The van der Waals surface area contributed by atoms with Crippen LogP contribution in [0.1, 0.15) is 18.3 Å². The molecule has 0 aromatic carbocycles. The summed E-state index contributed by atoms with van der Waals surface area (Å²) in [7, 11) is -0.0682. The van der Waals surface area contributed by atoms with Gasteiger partial charge in [-0.2, -0.15) is 0 Å². The molecule has 0 spiro atoms. The van der Waals surface area contributed by atoms with Gasteiger partial charge in [-0.3, -0.25) is 0 Å². The highest BCUT2D eigenvalue weighted by atomic mass is 28.2. The van der Waals surface area contributed by atoms with E-state index >= 15 is 0 Å².